The Morgan fingerprint density at radius 1 is 0.848 bits per heavy atom. The van der Waals surface area contributed by atoms with E-state index >= 15 is 0 Å². The van der Waals surface area contributed by atoms with Gasteiger partial charge in [-0.25, -0.2) is 10.2 Å². The molecule has 0 spiro atoms. The van der Waals surface area contributed by atoms with Crippen LogP contribution in [0.15, 0.2) is 77.9 Å². The number of carbonyl (C=O) groups excluding carboxylic acids is 2. The highest BCUT2D eigenvalue weighted by molar-refractivity contribution is 6.34. The number of rotatable bonds is 11. The Balaban J connectivity index is 1.37. The standard InChI is InChI=1S/C35H32ClN3O7/c1-6-21-10-9-12-24-30(23-11-7-8-13-25(23)36)32(38-31(21)24)34(40)39-37-19-20-14-15-26(27(16-20)42-2)46-35(41)22-17-28(43-3)33(45-5)29(18-22)44-4/h7-19,38H,6H2,1-5H3,(H,39,40). The third kappa shape index (κ3) is 6.33. The maximum absolute atomic E-state index is 13.5. The van der Waals surface area contributed by atoms with Gasteiger partial charge in [-0.05, 0) is 53.9 Å². The number of para-hydroxylation sites is 1. The SMILES string of the molecule is CCc1cccc2c(-c3ccccc3Cl)c(C(=O)NN=Cc3ccc(OC(=O)c4cc(OC)c(OC)c(OC)c4)c(OC)c3)[nH]c12. The van der Waals surface area contributed by atoms with Crippen molar-refractivity contribution < 1.29 is 33.3 Å². The Hall–Kier alpha value is -5.48. The third-order valence-corrected chi connectivity index (χ3v) is 7.67. The van der Waals surface area contributed by atoms with Crippen molar-refractivity contribution in [2.24, 2.45) is 5.10 Å². The van der Waals surface area contributed by atoms with E-state index in [-0.39, 0.29) is 17.1 Å². The topological polar surface area (TPSA) is 120 Å². The molecule has 0 saturated heterocycles. The van der Waals surface area contributed by atoms with Gasteiger partial charge in [0.05, 0.1) is 40.2 Å². The monoisotopic (exact) mass is 641 g/mol. The molecule has 11 heteroatoms. The number of fused-ring (bicyclic) bond motifs is 1. The zero-order valence-electron chi connectivity index (χ0n) is 25.9. The first-order valence-corrected chi connectivity index (χ1v) is 14.6. The number of hydrazone groups is 1. The van der Waals surface area contributed by atoms with Crippen LogP contribution in [0.25, 0.3) is 22.0 Å². The van der Waals surface area contributed by atoms with Gasteiger partial charge in [0, 0.05) is 27.1 Å². The molecule has 46 heavy (non-hydrogen) atoms. The summed E-state index contributed by atoms with van der Waals surface area (Å²) in [6, 6.07) is 21.2. The predicted octanol–water partition coefficient (Wildman–Crippen LogP) is 7.07. The van der Waals surface area contributed by atoms with E-state index in [1.807, 2.05) is 36.4 Å². The Bertz CT molecular complexity index is 1930. The number of hydrogen-bond acceptors (Lipinski definition) is 8. The van der Waals surface area contributed by atoms with E-state index in [0.29, 0.717) is 39.1 Å². The van der Waals surface area contributed by atoms with Crippen molar-refractivity contribution in [3.63, 3.8) is 0 Å². The molecule has 0 fully saturated rings. The van der Waals surface area contributed by atoms with Gasteiger partial charge in [0.2, 0.25) is 5.75 Å². The summed E-state index contributed by atoms with van der Waals surface area (Å²) in [5.74, 6) is 0.331. The quantitative estimate of drug-likeness (QED) is 0.0685. The number of methoxy groups -OCH3 is 4. The molecule has 0 unspecified atom stereocenters. The summed E-state index contributed by atoms with van der Waals surface area (Å²) < 4.78 is 27.1. The largest absolute Gasteiger partial charge is 0.493 e. The van der Waals surface area contributed by atoms with Crippen molar-refractivity contribution >= 4 is 40.6 Å². The first-order valence-electron chi connectivity index (χ1n) is 14.3. The lowest BCUT2D eigenvalue weighted by molar-refractivity contribution is 0.0728. The number of nitrogens with zero attached hydrogens (tertiary/aromatic N) is 1. The maximum atomic E-state index is 13.5. The first kappa shape index (κ1) is 31.9. The number of H-pyrrole nitrogens is 1. The summed E-state index contributed by atoms with van der Waals surface area (Å²) in [4.78, 5) is 29.8. The Morgan fingerprint density at radius 3 is 2.22 bits per heavy atom. The molecule has 0 saturated carbocycles. The lowest BCUT2D eigenvalue weighted by Crippen LogP contribution is -2.19. The number of nitrogens with one attached hydrogen (secondary N) is 2. The molecule has 236 valence electrons. The van der Waals surface area contributed by atoms with E-state index in [4.69, 9.17) is 35.3 Å². The summed E-state index contributed by atoms with van der Waals surface area (Å²) in [5, 5.41) is 5.60. The number of benzene rings is 4. The van der Waals surface area contributed by atoms with Crippen LogP contribution in [-0.4, -0.2) is 51.5 Å². The van der Waals surface area contributed by atoms with Gasteiger partial charge in [0.1, 0.15) is 5.69 Å². The second-order valence-corrected chi connectivity index (χ2v) is 10.4. The van der Waals surface area contributed by atoms with Gasteiger partial charge in [-0.1, -0.05) is 54.9 Å². The Kier molecular flexibility index (Phi) is 9.78. The predicted molar refractivity (Wildman–Crippen MR) is 177 cm³/mol. The molecule has 0 atom stereocenters. The van der Waals surface area contributed by atoms with E-state index in [1.54, 1.807) is 24.3 Å². The number of ether oxygens (including phenoxy) is 5. The van der Waals surface area contributed by atoms with Crippen molar-refractivity contribution in [1.82, 2.24) is 10.4 Å². The third-order valence-electron chi connectivity index (χ3n) is 7.34. The second kappa shape index (κ2) is 14.1. The molecule has 4 aromatic carbocycles. The van der Waals surface area contributed by atoms with Gasteiger partial charge in [0.15, 0.2) is 23.0 Å². The highest BCUT2D eigenvalue weighted by atomic mass is 35.5. The smallest absolute Gasteiger partial charge is 0.343 e. The molecule has 10 nitrogen and oxygen atoms in total. The lowest BCUT2D eigenvalue weighted by Gasteiger charge is -2.14. The van der Waals surface area contributed by atoms with Crippen molar-refractivity contribution in [2.45, 2.75) is 13.3 Å². The first-order chi connectivity index (χ1) is 22.3. The fraction of sp³-hybridized carbons (Fsp3) is 0.171. The van der Waals surface area contributed by atoms with E-state index < -0.39 is 11.9 Å². The van der Waals surface area contributed by atoms with Crippen molar-refractivity contribution in [1.29, 1.82) is 0 Å². The van der Waals surface area contributed by atoms with Gasteiger partial charge in [-0.3, -0.25) is 4.79 Å². The Morgan fingerprint density at radius 2 is 1.57 bits per heavy atom. The molecule has 0 aliphatic carbocycles. The highest BCUT2D eigenvalue weighted by Crippen LogP contribution is 2.39. The van der Waals surface area contributed by atoms with Gasteiger partial charge in [-0.15, -0.1) is 0 Å². The minimum absolute atomic E-state index is 0.177. The van der Waals surface area contributed by atoms with E-state index in [9.17, 15) is 9.59 Å². The van der Waals surface area contributed by atoms with Crippen molar-refractivity contribution in [3.8, 4) is 39.9 Å². The fourth-order valence-corrected chi connectivity index (χ4v) is 5.34. The molecule has 5 rings (SSSR count). The van der Waals surface area contributed by atoms with Crippen LogP contribution in [0.4, 0.5) is 0 Å². The molecule has 5 aromatic rings. The van der Waals surface area contributed by atoms with Crippen LogP contribution in [0.5, 0.6) is 28.7 Å². The molecule has 1 aromatic heterocycles. The summed E-state index contributed by atoms with van der Waals surface area (Å²) in [6.07, 6.45) is 2.25. The number of hydrogen-bond donors (Lipinski definition) is 2. The van der Waals surface area contributed by atoms with Crippen molar-refractivity contribution in [3.05, 3.63) is 100 Å². The van der Waals surface area contributed by atoms with Gasteiger partial charge < -0.3 is 28.7 Å². The number of esters is 1. The van der Waals surface area contributed by atoms with Crippen LogP contribution in [0.1, 0.15) is 38.9 Å². The maximum Gasteiger partial charge on any atom is 0.343 e. The van der Waals surface area contributed by atoms with Crippen LogP contribution < -0.4 is 29.1 Å². The fourth-order valence-electron chi connectivity index (χ4n) is 5.11. The van der Waals surface area contributed by atoms with Gasteiger partial charge in [0.25, 0.3) is 5.91 Å². The normalized spacial score (nSPS) is 11.0. The highest BCUT2D eigenvalue weighted by Gasteiger charge is 2.22. The van der Waals surface area contributed by atoms with Gasteiger partial charge in [-0.2, -0.15) is 5.10 Å². The molecule has 0 aliphatic rings. The molecule has 1 amide bonds. The van der Waals surface area contributed by atoms with Crippen LogP contribution in [0.3, 0.4) is 0 Å². The number of aromatic amines is 1. The number of aryl methyl sites for hydroxylation is 1. The Labute approximate surface area is 270 Å². The number of carbonyl (C=O) groups is 2. The van der Waals surface area contributed by atoms with Gasteiger partial charge >= 0.3 is 5.97 Å². The molecular formula is C35H32ClN3O7. The van der Waals surface area contributed by atoms with Crippen LogP contribution in [-0.2, 0) is 6.42 Å². The van der Waals surface area contributed by atoms with E-state index in [0.717, 1.165) is 28.5 Å². The molecule has 2 N–H and O–H groups in total. The number of halogens is 1. The summed E-state index contributed by atoms with van der Waals surface area (Å²) >= 11 is 6.56. The van der Waals surface area contributed by atoms with E-state index in [1.165, 1.54) is 46.8 Å². The number of aromatic nitrogens is 1. The van der Waals surface area contributed by atoms with E-state index in [2.05, 4.69) is 22.4 Å². The zero-order chi connectivity index (χ0) is 32.8. The van der Waals surface area contributed by atoms with Crippen LogP contribution in [0.2, 0.25) is 5.02 Å². The average molecular weight is 642 g/mol. The molecule has 0 aliphatic heterocycles. The summed E-state index contributed by atoms with van der Waals surface area (Å²) in [6.45, 7) is 2.06. The summed E-state index contributed by atoms with van der Waals surface area (Å²) in [5.41, 5.74) is 7.10. The molecule has 1 heterocycles. The van der Waals surface area contributed by atoms with Crippen molar-refractivity contribution in [2.75, 3.05) is 28.4 Å². The second-order valence-electron chi connectivity index (χ2n) is 9.96. The summed E-state index contributed by atoms with van der Waals surface area (Å²) in [7, 11) is 5.84. The average Bonchev–Trinajstić information content (AvgIpc) is 3.48. The lowest BCUT2D eigenvalue weighted by atomic mass is 9.99. The van der Waals surface area contributed by atoms with Crippen LogP contribution >= 0.6 is 11.6 Å². The number of amides is 1. The molecular weight excluding hydrogens is 610 g/mol. The molecule has 0 bridgehead atoms. The minimum Gasteiger partial charge on any atom is -0.493 e. The minimum atomic E-state index is -0.662. The molecule has 0 radical (unpaired) electrons. The zero-order valence-corrected chi connectivity index (χ0v) is 26.7. The van der Waals surface area contributed by atoms with Crippen LogP contribution in [0, 0.1) is 0 Å².